The highest BCUT2D eigenvalue weighted by Gasteiger charge is 2.60. The van der Waals surface area contributed by atoms with Crippen molar-refractivity contribution in [3.8, 4) is 5.75 Å². The second kappa shape index (κ2) is 9.07. The quantitative estimate of drug-likeness (QED) is 0.486. The number of anilines is 1. The van der Waals surface area contributed by atoms with E-state index in [1.54, 1.807) is 32.0 Å². The maximum absolute atomic E-state index is 13.4. The van der Waals surface area contributed by atoms with Crippen molar-refractivity contribution in [2.24, 2.45) is 0 Å². The zero-order valence-electron chi connectivity index (χ0n) is 20.3. The summed E-state index contributed by atoms with van der Waals surface area (Å²) in [6, 6.07) is 14.5. The molecule has 3 aliphatic rings. The molecule has 5 rings (SSSR count). The predicted molar refractivity (Wildman–Crippen MR) is 124 cm³/mol. The summed E-state index contributed by atoms with van der Waals surface area (Å²) in [5, 5.41) is 0. The third-order valence-electron chi connectivity index (χ3n) is 6.13. The highest BCUT2D eigenvalue weighted by Crippen LogP contribution is 2.42. The number of esters is 1. The molecule has 9 nitrogen and oxygen atoms in total. The van der Waals surface area contributed by atoms with E-state index in [0.717, 1.165) is 5.56 Å². The lowest BCUT2D eigenvalue weighted by molar-refractivity contribution is -0.232. The zero-order valence-corrected chi connectivity index (χ0v) is 20.3. The summed E-state index contributed by atoms with van der Waals surface area (Å²) in [5.41, 5.74) is 7.65. The second-order valence-electron chi connectivity index (χ2n) is 9.84. The van der Waals surface area contributed by atoms with Crippen molar-refractivity contribution in [3.05, 3.63) is 59.7 Å². The molecule has 2 aromatic carbocycles. The van der Waals surface area contributed by atoms with Crippen molar-refractivity contribution in [1.82, 2.24) is 0 Å². The van der Waals surface area contributed by atoms with Gasteiger partial charge in [-0.2, -0.15) is 0 Å². The molecule has 5 atom stereocenters. The van der Waals surface area contributed by atoms with Crippen molar-refractivity contribution in [2.45, 2.75) is 76.6 Å². The number of nitrogen functional groups attached to an aromatic ring is 1. The van der Waals surface area contributed by atoms with Crippen LogP contribution in [0.3, 0.4) is 0 Å². The van der Waals surface area contributed by atoms with Crippen LogP contribution in [0.2, 0.25) is 0 Å². The number of carbonyl (C=O) groups is 1. The third-order valence-corrected chi connectivity index (χ3v) is 6.13. The molecule has 3 fully saturated rings. The first-order chi connectivity index (χ1) is 16.6. The number of nitrogens with two attached hydrogens (primary N) is 1. The Labute approximate surface area is 204 Å². The van der Waals surface area contributed by atoms with Gasteiger partial charge in [-0.1, -0.05) is 30.3 Å². The Kier molecular flexibility index (Phi) is 6.23. The fourth-order valence-electron chi connectivity index (χ4n) is 4.56. The molecule has 35 heavy (non-hydrogen) atoms. The number of hydrogen-bond donors (Lipinski definition) is 1. The summed E-state index contributed by atoms with van der Waals surface area (Å²) in [5.74, 6) is -1.89. The summed E-state index contributed by atoms with van der Waals surface area (Å²) in [7, 11) is 0. The minimum absolute atomic E-state index is 0.249. The number of fused-ring (bicyclic) bond motifs is 1. The Morgan fingerprint density at radius 2 is 1.77 bits per heavy atom. The monoisotopic (exact) mass is 485 g/mol. The standard InChI is InChI=1S/C26H31NO8/c1-25(2)30-14-19(33-25)20-21(22-24(32-20)35-26(3,4)34-22)31-23(28)17-11-10-16(27)12-18(17)29-13-15-8-6-5-7-9-15/h5-12,19-22,24H,13-14,27H2,1-4H3/t19-,20-,21+,22-,24-/m1/s1. The van der Waals surface area contributed by atoms with E-state index in [2.05, 4.69) is 0 Å². The average molecular weight is 486 g/mol. The van der Waals surface area contributed by atoms with E-state index in [1.165, 1.54) is 0 Å². The largest absolute Gasteiger partial charge is 0.488 e. The van der Waals surface area contributed by atoms with Crippen molar-refractivity contribution >= 4 is 11.7 Å². The van der Waals surface area contributed by atoms with Gasteiger partial charge in [0.25, 0.3) is 0 Å². The highest BCUT2D eigenvalue weighted by atomic mass is 16.8. The summed E-state index contributed by atoms with van der Waals surface area (Å²) < 4.78 is 41.7. The molecule has 0 amide bonds. The van der Waals surface area contributed by atoms with Gasteiger partial charge < -0.3 is 38.9 Å². The molecule has 9 heteroatoms. The van der Waals surface area contributed by atoms with E-state index in [4.69, 9.17) is 38.9 Å². The van der Waals surface area contributed by atoms with Gasteiger partial charge in [-0.25, -0.2) is 4.79 Å². The van der Waals surface area contributed by atoms with Crippen LogP contribution in [0.5, 0.6) is 5.75 Å². The predicted octanol–water partition coefficient (Wildman–Crippen LogP) is 3.40. The van der Waals surface area contributed by atoms with E-state index in [9.17, 15) is 4.79 Å². The molecule has 2 aromatic rings. The number of rotatable bonds is 6. The van der Waals surface area contributed by atoms with Crippen LogP contribution in [0, 0.1) is 0 Å². The Balaban J connectivity index is 1.37. The van der Waals surface area contributed by atoms with Gasteiger partial charge in [0.05, 0.1) is 6.61 Å². The molecular formula is C26H31NO8. The summed E-state index contributed by atoms with van der Waals surface area (Å²) in [6.07, 6.45) is -3.18. The van der Waals surface area contributed by atoms with E-state index in [0.29, 0.717) is 18.0 Å². The molecule has 0 aromatic heterocycles. The topological polar surface area (TPSA) is 108 Å². The van der Waals surface area contributed by atoms with E-state index in [-0.39, 0.29) is 12.2 Å². The number of ether oxygens (including phenoxy) is 7. The van der Waals surface area contributed by atoms with Crippen molar-refractivity contribution < 1.29 is 38.0 Å². The lowest BCUT2D eigenvalue weighted by Crippen LogP contribution is -2.45. The normalized spacial score (nSPS) is 30.7. The molecule has 2 N–H and O–H groups in total. The first kappa shape index (κ1) is 24.0. The zero-order chi connectivity index (χ0) is 24.8. The Morgan fingerprint density at radius 1 is 1.00 bits per heavy atom. The Morgan fingerprint density at radius 3 is 2.49 bits per heavy atom. The molecule has 0 saturated carbocycles. The van der Waals surface area contributed by atoms with Gasteiger partial charge in [-0.3, -0.25) is 0 Å². The number of carbonyl (C=O) groups excluding carboxylic acids is 1. The molecule has 0 radical (unpaired) electrons. The first-order valence-corrected chi connectivity index (χ1v) is 11.7. The summed E-state index contributed by atoms with van der Waals surface area (Å²) in [6.45, 7) is 7.79. The molecule has 3 aliphatic heterocycles. The molecule has 0 unspecified atom stereocenters. The smallest absolute Gasteiger partial charge is 0.342 e. The van der Waals surface area contributed by atoms with Crippen LogP contribution in [0.4, 0.5) is 5.69 Å². The van der Waals surface area contributed by atoms with Crippen LogP contribution >= 0.6 is 0 Å². The summed E-state index contributed by atoms with van der Waals surface area (Å²) in [4.78, 5) is 13.4. The van der Waals surface area contributed by atoms with Gasteiger partial charge in [0.2, 0.25) is 0 Å². The average Bonchev–Trinajstić information content (AvgIpc) is 3.42. The third kappa shape index (κ3) is 5.14. The lowest BCUT2D eigenvalue weighted by Gasteiger charge is -2.29. The SMILES string of the molecule is CC1(C)O[C@H]2O[C@H]([C@H]3COC(C)(C)O3)[C@H](OC(=O)c3ccc(N)cc3OCc3ccccc3)[C@H]2O1. The van der Waals surface area contributed by atoms with Gasteiger partial charge in [0.15, 0.2) is 30.1 Å². The van der Waals surface area contributed by atoms with E-state index in [1.807, 2.05) is 44.2 Å². The Hall–Kier alpha value is -2.69. The van der Waals surface area contributed by atoms with Crippen LogP contribution in [-0.2, 0) is 35.0 Å². The van der Waals surface area contributed by atoms with Crippen LogP contribution in [-0.4, -0.2) is 54.9 Å². The molecule has 0 bridgehead atoms. The van der Waals surface area contributed by atoms with Gasteiger partial charge in [0.1, 0.15) is 30.1 Å². The second-order valence-corrected chi connectivity index (χ2v) is 9.84. The molecular weight excluding hydrogens is 454 g/mol. The highest BCUT2D eigenvalue weighted by molar-refractivity contribution is 5.93. The molecule has 188 valence electrons. The molecule has 3 saturated heterocycles. The minimum atomic E-state index is -0.873. The summed E-state index contributed by atoms with van der Waals surface area (Å²) >= 11 is 0. The molecule has 3 heterocycles. The molecule has 0 aliphatic carbocycles. The van der Waals surface area contributed by atoms with Gasteiger partial charge in [0, 0.05) is 11.8 Å². The van der Waals surface area contributed by atoms with E-state index < -0.39 is 48.2 Å². The maximum atomic E-state index is 13.4. The minimum Gasteiger partial charge on any atom is -0.488 e. The fraction of sp³-hybridized carbons (Fsp3) is 0.500. The van der Waals surface area contributed by atoms with Gasteiger partial charge in [-0.15, -0.1) is 0 Å². The van der Waals surface area contributed by atoms with Crippen LogP contribution in [0.1, 0.15) is 43.6 Å². The fourth-order valence-corrected chi connectivity index (χ4v) is 4.56. The van der Waals surface area contributed by atoms with Crippen molar-refractivity contribution in [2.75, 3.05) is 12.3 Å². The first-order valence-electron chi connectivity index (χ1n) is 11.7. The number of benzene rings is 2. The van der Waals surface area contributed by atoms with Gasteiger partial charge in [-0.05, 0) is 45.4 Å². The Bertz CT molecular complexity index is 1070. The number of hydrogen-bond acceptors (Lipinski definition) is 9. The lowest BCUT2D eigenvalue weighted by atomic mass is 10.1. The van der Waals surface area contributed by atoms with Crippen LogP contribution < -0.4 is 10.5 Å². The van der Waals surface area contributed by atoms with Crippen LogP contribution in [0.25, 0.3) is 0 Å². The molecule has 0 spiro atoms. The maximum Gasteiger partial charge on any atom is 0.342 e. The van der Waals surface area contributed by atoms with E-state index >= 15 is 0 Å². The van der Waals surface area contributed by atoms with Crippen molar-refractivity contribution in [1.29, 1.82) is 0 Å². The van der Waals surface area contributed by atoms with Gasteiger partial charge >= 0.3 is 5.97 Å². The van der Waals surface area contributed by atoms with Crippen LogP contribution in [0.15, 0.2) is 48.5 Å². The van der Waals surface area contributed by atoms with Crippen molar-refractivity contribution in [3.63, 3.8) is 0 Å².